The van der Waals surface area contributed by atoms with E-state index in [2.05, 4.69) is 16.9 Å². The molecule has 2 fully saturated rings. The van der Waals surface area contributed by atoms with Gasteiger partial charge in [0.1, 0.15) is 5.82 Å². The van der Waals surface area contributed by atoms with Crippen LogP contribution in [0.1, 0.15) is 49.1 Å². The zero-order chi connectivity index (χ0) is 23.6. The monoisotopic (exact) mass is 459 g/mol. The predicted octanol–water partition coefficient (Wildman–Crippen LogP) is 4.51. The van der Waals surface area contributed by atoms with Crippen molar-refractivity contribution in [1.82, 2.24) is 15.2 Å². The number of anilines is 1. The van der Waals surface area contributed by atoms with Gasteiger partial charge in [0, 0.05) is 54.1 Å². The van der Waals surface area contributed by atoms with E-state index in [0.29, 0.717) is 18.4 Å². The molecule has 8 heteroatoms. The number of hydrogen-bond donors (Lipinski definition) is 3. The molecule has 1 aliphatic heterocycles. The minimum Gasteiger partial charge on any atom is -0.383 e. The lowest BCUT2D eigenvalue weighted by atomic mass is 9.93. The fourth-order valence-corrected chi connectivity index (χ4v) is 5.02. The minimum atomic E-state index is -4.21. The van der Waals surface area contributed by atoms with Crippen molar-refractivity contribution in [2.24, 2.45) is 5.73 Å². The van der Waals surface area contributed by atoms with Crippen LogP contribution >= 0.6 is 0 Å². The summed E-state index contributed by atoms with van der Waals surface area (Å²) in [4.78, 5) is 5.75. The van der Waals surface area contributed by atoms with E-state index in [9.17, 15) is 13.2 Å². The molecule has 0 radical (unpaired) electrons. The summed E-state index contributed by atoms with van der Waals surface area (Å²) in [6, 6.07) is 9.90. The summed E-state index contributed by atoms with van der Waals surface area (Å²) < 4.78 is 38.2. The molecule has 0 amide bonds. The Bertz CT molecular complexity index is 967. The van der Waals surface area contributed by atoms with E-state index in [0.717, 1.165) is 40.8 Å². The molecule has 4 rings (SSSR count). The minimum absolute atomic E-state index is 0.124. The smallest absolute Gasteiger partial charge is 0.383 e. The van der Waals surface area contributed by atoms with Crippen LogP contribution in [0.5, 0.6) is 0 Å². The van der Waals surface area contributed by atoms with Gasteiger partial charge in [-0.05, 0) is 30.0 Å². The summed E-state index contributed by atoms with van der Waals surface area (Å²) in [6.07, 6.45) is 3.52. The van der Waals surface area contributed by atoms with Gasteiger partial charge in [0.2, 0.25) is 0 Å². The van der Waals surface area contributed by atoms with E-state index < -0.39 is 12.7 Å². The SMILES string of the molecule is C=C(NC1CCCCC1)c1cc(-c2ccc(C3CN(CC(F)(F)F)CC3N)cc2)cnc1N. The molecule has 2 aliphatic rings. The van der Waals surface area contributed by atoms with Gasteiger partial charge in [0.15, 0.2) is 0 Å². The second-order valence-corrected chi connectivity index (χ2v) is 9.32. The summed E-state index contributed by atoms with van der Waals surface area (Å²) >= 11 is 0. The van der Waals surface area contributed by atoms with Crippen LogP contribution in [0.4, 0.5) is 19.0 Å². The quantitative estimate of drug-likeness (QED) is 0.592. The normalized spacial score (nSPS) is 22.4. The molecule has 1 aliphatic carbocycles. The van der Waals surface area contributed by atoms with E-state index in [1.54, 1.807) is 6.20 Å². The number of hydrogen-bond acceptors (Lipinski definition) is 5. The molecule has 5 N–H and O–H groups in total. The number of benzene rings is 1. The number of halogens is 3. The highest BCUT2D eigenvalue weighted by Crippen LogP contribution is 2.32. The van der Waals surface area contributed by atoms with Crippen LogP contribution in [0.25, 0.3) is 16.8 Å². The Hall–Kier alpha value is -2.58. The van der Waals surface area contributed by atoms with Crippen LogP contribution in [0.15, 0.2) is 43.1 Å². The number of nitrogens with one attached hydrogen (secondary N) is 1. The summed E-state index contributed by atoms with van der Waals surface area (Å²) in [5.41, 5.74) is 16.7. The van der Waals surface area contributed by atoms with Gasteiger partial charge in [-0.25, -0.2) is 4.98 Å². The number of nitrogens with two attached hydrogens (primary N) is 2. The largest absolute Gasteiger partial charge is 0.401 e. The zero-order valence-corrected chi connectivity index (χ0v) is 18.7. The van der Waals surface area contributed by atoms with E-state index in [1.165, 1.54) is 24.2 Å². The molecule has 33 heavy (non-hydrogen) atoms. The Morgan fingerprint density at radius 1 is 1.09 bits per heavy atom. The Morgan fingerprint density at radius 2 is 1.79 bits per heavy atom. The number of rotatable bonds is 6. The van der Waals surface area contributed by atoms with Crippen LogP contribution in [0, 0.1) is 0 Å². The molecule has 2 unspecified atom stereocenters. The third-order valence-electron chi connectivity index (χ3n) is 6.74. The molecule has 2 heterocycles. The van der Waals surface area contributed by atoms with Gasteiger partial charge in [-0.15, -0.1) is 0 Å². The summed E-state index contributed by atoms with van der Waals surface area (Å²) in [7, 11) is 0. The number of pyridine rings is 1. The third kappa shape index (κ3) is 5.86. The average molecular weight is 460 g/mol. The lowest BCUT2D eigenvalue weighted by Gasteiger charge is -2.25. The van der Waals surface area contributed by atoms with E-state index in [4.69, 9.17) is 11.5 Å². The molecule has 1 aromatic heterocycles. The van der Waals surface area contributed by atoms with E-state index >= 15 is 0 Å². The van der Waals surface area contributed by atoms with Crippen molar-refractivity contribution in [3.05, 3.63) is 54.2 Å². The number of likely N-dealkylation sites (tertiary alicyclic amines) is 1. The molecular formula is C25H32F3N5. The van der Waals surface area contributed by atoms with Crippen molar-refractivity contribution >= 4 is 11.5 Å². The molecule has 1 saturated carbocycles. The predicted molar refractivity (Wildman–Crippen MR) is 126 cm³/mol. The number of alkyl halides is 3. The lowest BCUT2D eigenvalue weighted by Crippen LogP contribution is -2.34. The van der Waals surface area contributed by atoms with Crippen molar-refractivity contribution in [1.29, 1.82) is 0 Å². The Kier molecular flexibility index (Phi) is 6.95. The molecule has 5 nitrogen and oxygen atoms in total. The Morgan fingerprint density at radius 3 is 2.45 bits per heavy atom. The first-order valence-electron chi connectivity index (χ1n) is 11.6. The summed E-state index contributed by atoms with van der Waals surface area (Å²) in [5, 5.41) is 3.51. The van der Waals surface area contributed by atoms with Gasteiger partial charge in [0.05, 0.1) is 6.54 Å². The van der Waals surface area contributed by atoms with Gasteiger partial charge in [-0.3, -0.25) is 4.90 Å². The fraction of sp³-hybridized carbons (Fsp3) is 0.480. The zero-order valence-electron chi connectivity index (χ0n) is 18.7. The topological polar surface area (TPSA) is 80.2 Å². The van der Waals surface area contributed by atoms with Crippen molar-refractivity contribution in [2.45, 2.75) is 56.3 Å². The highest BCUT2D eigenvalue weighted by molar-refractivity contribution is 5.76. The number of aromatic nitrogens is 1. The number of nitrogens with zero attached hydrogens (tertiary/aromatic N) is 2. The van der Waals surface area contributed by atoms with Crippen LogP contribution in [0.2, 0.25) is 0 Å². The van der Waals surface area contributed by atoms with Crippen LogP contribution in [-0.4, -0.2) is 47.8 Å². The Balaban J connectivity index is 1.46. The highest BCUT2D eigenvalue weighted by atomic mass is 19.4. The molecule has 0 bridgehead atoms. The molecule has 0 spiro atoms. The second-order valence-electron chi connectivity index (χ2n) is 9.32. The molecule has 1 aromatic carbocycles. The molecule has 178 valence electrons. The van der Waals surface area contributed by atoms with Crippen LogP contribution in [-0.2, 0) is 0 Å². The van der Waals surface area contributed by atoms with Gasteiger partial charge in [0.25, 0.3) is 0 Å². The first-order valence-corrected chi connectivity index (χ1v) is 11.6. The van der Waals surface area contributed by atoms with Crippen molar-refractivity contribution in [2.75, 3.05) is 25.4 Å². The van der Waals surface area contributed by atoms with E-state index in [1.807, 2.05) is 30.3 Å². The molecule has 1 saturated heterocycles. The van der Waals surface area contributed by atoms with Crippen molar-refractivity contribution in [3.63, 3.8) is 0 Å². The molecular weight excluding hydrogens is 427 g/mol. The maximum Gasteiger partial charge on any atom is 0.401 e. The number of nitrogen functional groups attached to an aromatic ring is 1. The Labute approximate surface area is 193 Å². The highest BCUT2D eigenvalue weighted by Gasteiger charge is 2.38. The first kappa shape index (κ1) is 23.6. The van der Waals surface area contributed by atoms with Gasteiger partial charge < -0.3 is 16.8 Å². The summed E-state index contributed by atoms with van der Waals surface area (Å²) in [6.45, 7) is 3.82. The maximum atomic E-state index is 12.7. The van der Waals surface area contributed by atoms with Crippen molar-refractivity contribution < 1.29 is 13.2 Å². The first-order chi connectivity index (χ1) is 15.7. The van der Waals surface area contributed by atoms with Gasteiger partial charge >= 0.3 is 6.18 Å². The lowest BCUT2D eigenvalue weighted by molar-refractivity contribution is -0.143. The molecule has 2 atom stereocenters. The van der Waals surface area contributed by atoms with Gasteiger partial charge in [-0.1, -0.05) is 50.1 Å². The summed E-state index contributed by atoms with van der Waals surface area (Å²) in [5.74, 6) is 0.311. The van der Waals surface area contributed by atoms with Crippen LogP contribution in [0.3, 0.4) is 0 Å². The van der Waals surface area contributed by atoms with E-state index in [-0.39, 0.29) is 18.5 Å². The van der Waals surface area contributed by atoms with Gasteiger partial charge in [-0.2, -0.15) is 13.2 Å². The second kappa shape index (κ2) is 9.73. The average Bonchev–Trinajstić information content (AvgIpc) is 3.13. The maximum absolute atomic E-state index is 12.7. The fourth-order valence-electron chi connectivity index (χ4n) is 5.02. The standard InChI is InChI=1S/C25H32F3N5/c1-16(32-20-5-3-2-4-6-20)21-11-19(12-31-24(21)30)17-7-9-18(10-8-17)22-13-33(14-23(22)29)15-25(26,27)28/h7-12,20,22-23,32H,1-6,13-15,29H2,(H2,30,31). The molecule has 2 aromatic rings. The third-order valence-corrected chi connectivity index (χ3v) is 6.74. The van der Waals surface area contributed by atoms with Crippen LogP contribution < -0.4 is 16.8 Å². The van der Waals surface area contributed by atoms with Crippen molar-refractivity contribution in [3.8, 4) is 11.1 Å².